The number of nitrogens with one attached hydrogen (secondary N) is 1. The number of alkyl halides is 3. The number of amides is 2. The average Bonchev–Trinajstić information content (AvgIpc) is 3.21. The summed E-state index contributed by atoms with van der Waals surface area (Å²) >= 11 is 0.631. The summed E-state index contributed by atoms with van der Waals surface area (Å²) in [6.07, 6.45) is -1.28. The minimum Gasteiger partial charge on any atom is -0.493 e. The number of hydrogen-bond donors (Lipinski definition) is 1. The second kappa shape index (κ2) is 11.5. The first kappa shape index (κ1) is 29.3. The number of thioether (sulfide) groups is 1. The second-order valence-electron chi connectivity index (χ2n) is 10.1. The van der Waals surface area contributed by atoms with Crippen LogP contribution < -0.4 is 19.5 Å². The van der Waals surface area contributed by atoms with Gasteiger partial charge in [-0.15, -0.1) is 0 Å². The maximum atomic E-state index is 14.0. The number of benzene rings is 2. The summed E-state index contributed by atoms with van der Waals surface area (Å²) in [6, 6.07) is 5.62. The standard InChI is InChI=1S/C29H29F3N2O5S/c1-16-17(2)25-20(18(3)24(16)37-12-6-5-11-33)9-10-28(4,39-25)15-38-22-8-7-19(13-21(22)29(30,31)32)14-23-26(35)34-27(36)40-23/h7-8,13-14H,5-6,9-10,12,15H2,1-4H3,(H,34,35,36)/b23-14+. The number of hydrogen-bond acceptors (Lipinski definition) is 7. The number of carbonyl (C=O) groups excluding carboxylic acids is 2. The Balaban J connectivity index is 1.54. The SMILES string of the molecule is Cc1c(C)c2c(c(C)c1OCCCC#N)CCC(C)(COc1ccc(/C=C3/SC(=O)NC3=O)cc1C(F)(F)F)O2. The molecule has 11 heteroatoms. The molecule has 2 aromatic carbocycles. The molecule has 7 nitrogen and oxygen atoms in total. The van der Waals surface area contributed by atoms with Crippen LogP contribution in [0.15, 0.2) is 23.1 Å². The van der Waals surface area contributed by atoms with Crippen molar-refractivity contribution in [3.05, 3.63) is 56.5 Å². The largest absolute Gasteiger partial charge is 0.493 e. The summed E-state index contributed by atoms with van der Waals surface area (Å²) in [4.78, 5) is 23.2. The third kappa shape index (κ3) is 6.22. The van der Waals surface area contributed by atoms with Crippen molar-refractivity contribution in [3.8, 4) is 23.3 Å². The smallest absolute Gasteiger partial charge is 0.419 e. The quantitative estimate of drug-likeness (QED) is 0.274. The molecule has 2 amide bonds. The van der Waals surface area contributed by atoms with Gasteiger partial charge in [0.2, 0.25) is 0 Å². The van der Waals surface area contributed by atoms with Gasteiger partial charge in [-0.3, -0.25) is 14.9 Å². The Morgan fingerprint density at radius 1 is 1.18 bits per heavy atom. The van der Waals surface area contributed by atoms with Gasteiger partial charge in [0.25, 0.3) is 11.1 Å². The number of nitriles is 1. The van der Waals surface area contributed by atoms with Crippen LogP contribution >= 0.6 is 11.8 Å². The molecule has 1 unspecified atom stereocenters. The van der Waals surface area contributed by atoms with Gasteiger partial charge in [-0.1, -0.05) is 6.07 Å². The van der Waals surface area contributed by atoms with E-state index in [1.54, 1.807) is 0 Å². The maximum absolute atomic E-state index is 14.0. The highest BCUT2D eigenvalue weighted by Crippen LogP contribution is 2.44. The van der Waals surface area contributed by atoms with Crippen LogP contribution in [0.2, 0.25) is 0 Å². The van der Waals surface area contributed by atoms with E-state index in [0.29, 0.717) is 49.8 Å². The fourth-order valence-electron chi connectivity index (χ4n) is 4.71. The molecule has 212 valence electrons. The van der Waals surface area contributed by atoms with Crippen LogP contribution in [0, 0.1) is 32.1 Å². The Labute approximate surface area is 234 Å². The van der Waals surface area contributed by atoms with Gasteiger partial charge in [-0.2, -0.15) is 18.4 Å². The summed E-state index contributed by atoms with van der Waals surface area (Å²) in [7, 11) is 0. The van der Waals surface area contributed by atoms with E-state index in [-0.39, 0.29) is 22.8 Å². The van der Waals surface area contributed by atoms with Crippen LogP contribution in [-0.4, -0.2) is 30.0 Å². The molecular weight excluding hydrogens is 545 g/mol. The van der Waals surface area contributed by atoms with Gasteiger partial charge in [0, 0.05) is 12.0 Å². The Kier molecular flexibility index (Phi) is 8.40. The summed E-state index contributed by atoms with van der Waals surface area (Å²) < 4.78 is 60.0. The Morgan fingerprint density at radius 2 is 1.93 bits per heavy atom. The average molecular weight is 575 g/mol. The predicted molar refractivity (Wildman–Crippen MR) is 144 cm³/mol. The van der Waals surface area contributed by atoms with Gasteiger partial charge in [0.05, 0.1) is 23.1 Å². The van der Waals surface area contributed by atoms with Crippen molar-refractivity contribution in [3.63, 3.8) is 0 Å². The van der Waals surface area contributed by atoms with Gasteiger partial charge < -0.3 is 14.2 Å². The van der Waals surface area contributed by atoms with E-state index in [4.69, 9.17) is 19.5 Å². The molecule has 0 aliphatic carbocycles. The first-order valence-corrected chi connectivity index (χ1v) is 13.5. The molecule has 0 radical (unpaired) electrons. The van der Waals surface area contributed by atoms with Crippen LogP contribution in [-0.2, 0) is 17.4 Å². The molecule has 2 aliphatic rings. The molecule has 1 atom stereocenters. The topological polar surface area (TPSA) is 97.6 Å². The van der Waals surface area contributed by atoms with Crippen molar-refractivity contribution in [2.24, 2.45) is 0 Å². The monoisotopic (exact) mass is 574 g/mol. The molecule has 0 aromatic heterocycles. The second-order valence-corrected chi connectivity index (χ2v) is 11.1. The van der Waals surface area contributed by atoms with Crippen LogP contribution in [0.3, 0.4) is 0 Å². The van der Waals surface area contributed by atoms with Gasteiger partial charge >= 0.3 is 6.18 Å². The van der Waals surface area contributed by atoms with E-state index in [9.17, 15) is 22.8 Å². The first-order chi connectivity index (χ1) is 18.8. The van der Waals surface area contributed by atoms with Crippen molar-refractivity contribution in [2.75, 3.05) is 13.2 Å². The van der Waals surface area contributed by atoms with Crippen LogP contribution in [0.1, 0.15) is 59.6 Å². The van der Waals surface area contributed by atoms with Crippen LogP contribution in [0.5, 0.6) is 17.2 Å². The minimum atomic E-state index is -4.71. The molecule has 4 rings (SSSR count). The molecule has 1 N–H and O–H groups in total. The zero-order chi connectivity index (χ0) is 29.2. The van der Waals surface area contributed by atoms with Crippen LogP contribution in [0.4, 0.5) is 18.0 Å². The predicted octanol–water partition coefficient (Wildman–Crippen LogP) is 6.80. The number of nitrogens with zero attached hydrogens (tertiary/aromatic N) is 1. The molecule has 1 saturated heterocycles. The van der Waals surface area contributed by atoms with E-state index in [0.717, 1.165) is 34.1 Å². The van der Waals surface area contributed by atoms with Gasteiger partial charge in [-0.25, -0.2) is 0 Å². The lowest BCUT2D eigenvalue weighted by Gasteiger charge is -2.38. The fraction of sp³-hybridized carbons (Fsp3) is 0.414. The number of halogens is 3. The number of carbonyl (C=O) groups is 2. The van der Waals surface area contributed by atoms with E-state index < -0.39 is 28.5 Å². The normalized spacial score (nSPS) is 19.6. The van der Waals surface area contributed by atoms with Gasteiger partial charge in [-0.05, 0) is 99.2 Å². The molecule has 2 aromatic rings. The number of ether oxygens (including phenoxy) is 3. The van der Waals surface area contributed by atoms with E-state index >= 15 is 0 Å². The highest BCUT2D eigenvalue weighted by atomic mass is 32.2. The number of fused-ring (bicyclic) bond motifs is 1. The summed E-state index contributed by atoms with van der Waals surface area (Å²) in [5, 5.41) is 10.3. The molecular formula is C29H29F3N2O5S. The zero-order valence-electron chi connectivity index (χ0n) is 22.6. The summed E-state index contributed by atoms with van der Waals surface area (Å²) in [5.41, 5.74) is 2.01. The van der Waals surface area contributed by atoms with Gasteiger partial charge in [0.15, 0.2) is 0 Å². The Hall–Kier alpha value is -3.65. The van der Waals surface area contributed by atoms with Gasteiger partial charge in [0.1, 0.15) is 29.5 Å². The third-order valence-electron chi connectivity index (χ3n) is 7.02. The maximum Gasteiger partial charge on any atom is 0.419 e. The van der Waals surface area contributed by atoms with E-state index in [2.05, 4.69) is 11.4 Å². The number of rotatable bonds is 8. The van der Waals surface area contributed by atoms with Crippen molar-refractivity contribution >= 4 is 29.0 Å². The van der Waals surface area contributed by atoms with E-state index in [1.807, 2.05) is 27.7 Å². The lowest BCUT2D eigenvalue weighted by Crippen LogP contribution is -2.42. The number of imide groups is 1. The number of unbranched alkanes of at least 4 members (excludes halogenated alkanes) is 1. The summed E-state index contributed by atoms with van der Waals surface area (Å²) in [5.74, 6) is 0.470. The highest BCUT2D eigenvalue weighted by molar-refractivity contribution is 8.18. The molecule has 40 heavy (non-hydrogen) atoms. The first-order valence-electron chi connectivity index (χ1n) is 12.7. The zero-order valence-corrected chi connectivity index (χ0v) is 23.4. The molecule has 0 bridgehead atoms. The molecule has 1 fully saturated rings. The summed E-state index contributed by atoms with van der Waals surface area (Å²) in [6.45, 7) is 7.95. The lowest BCUT2D eigenvalue weighted by molar-refractivity contribution is -0.139. The van der Waals surface area contributed by atoms with E-state index in [1.165, 1.54) is 18.2 Å². The Morgan fingerprint density at radius 3 is 2.58 bits per heavy atom. The van der Waals surface area contributed by atoms with Crippen molar-refractivity contribution in [1.82, 2.24) is 5.32 Å². The molecule has 2 heterocycles. The minimum absolute atomic E-state index is 0.0188. The molecule has 0 saturated carbocycles. The molecule has 2 aliphatic heterocycles. The highest BCUT2D eigenvalue weighted by Gasteiger charge is 2.38. The van der Waals surface area contributed by atoms with Crippen molar-refractivity contribution in [1.29, 1.82) is 5.26 Å². The van der Waals surface area contributed by atoms with Crippen LogP contribution in [0.25, 0.3) is 6.08 Å². The van der Waals surface area contributed by atoms with Crippen molar-refractivity contribution in [2.45, 2.75) is 65.2 Å². The van der Waals surface area contributed by atoms with Crippen molar-refractivity contribution < 1.29 is 37.0 Å². The fourth-order valence-corrected chi connectivity index (χ4v) is 5.39. The molecule has 0 spiro atoms. The Bertz CT molecular complexity index is 1430. The third-order valence-corrected chi connectivity index (χ3v) is 7.84. The lowest BCUT2D eigenvalue weighted by atomic mass is 9.87.